The van der Waals surface area contributed by atoms with Gasteiger partial charge in [-0.3, -0.25) is 9.69 Å². The van der Waals surface area contributed by atoms with Crippen LogP contribution >= 0.6 is 0 Å². The van der Waals surface area contributed by atoms with E-state index in [-0.39, 0.29) is 30.3 Å². The SMILES string of the molecule is Cc1ccc(-c2nnc(CN3C(=O)NC4(CCCCC4C)C3=O)o2)cc1. The van der Waals surface area contributed by atoms with Crippen molar-refractivity contribution in [2.24, 2.45) is 5.92 Å². The highest BCUT2D eigenvalue weighted by Gasteiger charge is 2.55. The van der Waals surface area contributed by atoms with E-state index in [1.165, 1.54) is 4.90 Å². The zero-order valence-corrected chi connectivity index (χ0v) is 15.0. The molecule has 1 saturated carbocycles. The summed E-state index contributed by atoms with van der Waals surface area (Å²) in [4.78, 5) is 26.6. The molecule has 2 heterocycles. The summed E-state index contributed by atoms with van der Waals surface area (Å²) in [7, 11) is 0. The summed E-state index contributed by atoms with van der Waals surface area (Å²) in [5, 5.41) is 11.0. The molecule has 1 aliphatic carbocycles. The Morgan fingerprint density at radius 2 is 2.00 bits per heavy atom. The van der Waals surface area contributed by atoms with Crippen LogP contribution in [0.4, 0.5) is 4.79 Å². The predicted molar refractivity (Wildman–Crippen MR) is 93.9 cm³/mol. The lowest BCUT2D eigenvalue weighted by atomic mass is 9.73. The van der Waals surface area contributed by atoms with Crippen LogP contribution in [-0.2, 0) is 11.3 Å². The zero-order chi connectivity index (χ0) is 18.3. The van der Waals surface area contributed by atoms with E-state index in [0.717, 1.165) is 30.4 Å². The van der Waals surface area contributed by atoms with E-state index in [1.807, 2.05) is 38.1 Å². The molecular weight excluding hydrogens is 332 g/mol. The molecule has 2 unspecified atom stereocenters. The minimum atomic E-state index is -0.769. The molecule has 136 valence electrons. The number of nitrogens with one attached hydrogen (secondary N) is 1. The molecule has 3 amide bonds. The van der Waals surface area contributed by atoms with E-state index in [0.29, 0.717) is 12.3 Å². The second kappa shape index (κ2) is 6.23. The number of rotatable bonds is 3. The lowest BCUT2D eigenvalue weighted by Crippen LogP contribution is -2.53. The number of carbonyl (C=O) groups excluding carboxylic acids is 2. The maximum Gasteiger partial charge on any atom is 0.325 e. The average molecular weight is 354 g/mol. The fraction of sp³-hybridized carbons (Fsp3) is 0.474. The fourth-order valence-corrected chi connectivity index (χ4v) is 3.90. The van der Waals surface area contributed by atoms with Gasteiger partial charge in [-0.2, -0.15) is 0 Å². The van der Waals surface area contributed by atoms with Gasteiger partial charge in [-0.25, -0.2) is 4.79 Å². The van der Waals surface area contributed by atoms with Crippen molar-refractivity contribution in [2.45, 2.75) is 51.6 Å². The molecule has 1 saturated heterocycles. The number of nitrogens with zero attached hydrogens (tertiary/aromatic N) is 3. The van der Waals surface area contributed by atoms with Gasteiger partial charge in [0.1, 0.15) is 12.1 Å². The molecule has 1 aliphatic heterocycles. The van der Waals surface area contributed by atoms with Gasteiger partial charge >= 0.3 is 6.03 Å². The number of aryl methyl sites for hydroxylation is 1. The van der Waals surface area contributed by atoms with Gasteiger partial charge in [0.2, 0.25) is 11.8 Å². The lowest BCUT2D eigenvalue weighted by Gasteiger charge is -2.36. The summed E-state index contributed by atoms with van der Waals surface area (Å²) < 4.78 is 5.67. The normalized spacial score (nSPS) is 25.8. The van der Waals surface area contributed by atoms with Gasteiger partial charge in [0.05, 0.1) is 0 Å². The molecule has 7 nitrogen and oxygen atoms in total. The quantitative estimate of drug-likeness (QED) is 0.856. The molecule has 1 aromatic heterocycles. The molecule has 7 heteroatoms. The molecule has 2 aliphatic rings. The van der Waals surface area contributed by atoms with Crippen LogP contribution in [0.25, 0.3) is 11.5 Å². The Labute approximate surface area is 151 Å². The minimum absolute atomic E-state index is 0.00199. The number of aromatic nitrogens is 2. The van der Waals surface area contributed by atoms with Gasteiger partial charge in [0, 0.05) is 5.56 Å². The van der Waals surface area contributed by atoms with Gasteiger partial charge in [-0.1, -0.05) is 37.5 Å². The first kappa shape index (κ1) is 16.8. The van der Waals surface area contributed by atoms with Gasteiger partial charge in [-0.15, -0.1) is 10.2 Å². The second-order valence-corrected chi connectivity index (χ2v) is 7.31. The molecule has 2 aromatic rings. The number of amides is 3. The minimum Gasteiger partial charge on any atom is -0.419 e. The van der Waals surface area contributed by atoms with E-state index in [9.17, 15) is 9.59 Å². The average Bonchev–Trinajstić information content (AvgIpc) is 3.18. The van der Waals surface area contributed by atoms with Crippen molar-refractivity contribution in [3.8, 4) is 11.5 Å². The molecule has 4 rings (SSSR count). The van der Waals surface area contributed by atoms with Crippen molar-refractivity contribution < 1.29 is 14.0 Å². The maximum atomic E-state index is 13.0. The zero-order valence-electron chi connectivity index (χ0n) is 15.0. The Hall–Kier alpha value is -2.70. The first-order valence-corrected chi connectivity index (χ1v) is 9.03. The van der Waals surface area contributed by atoms with Gasteiger partial charge in [0.25, 0.3) is 5.91 Å². The van der Waals surface area contributed by atoms with Crippen LogP contribution in [0.3, 0.4) is 0 Å². The molecular formula is C19H22N4O3. The second-order valence-electron chi connectivity index (χ2n) is 7.31. The van der Waals surface area contributed by atoms with Crippen molar-refractivity contribution in [1.82, 2.24) is 20.4 Å². The molecule has 0 bridgehead atoms. The van der Waals surface area contributed by atoms with Crippen LogP contribution in [0.1, 0.15) is 44.1 Å². The number of hydrogen-bond acceptors (Lipinski definition) is 5. The Bertz CT molecular complexity index is 845. The molecule has 26 heavy (non-hydrogen) atoms. The van der Waals surface area contributed by atoms with Gasteiger partial charge in [-0.05, 0) is 37.8 Å². The number of imide groups is 1. The Morgan fingerprint density at radius 1 is 1.23 bits per heavy atom. The smallest absolute Gasteiger partial charge is 0.325 e. The van der Waals surface area contributed by atoms with Crippen molar-refractivity contribution in [3.63, 3.8) is 0 Å². The summed E-state index contributed by atoms with van der Waals surface area (Å²) >= 11 is 0. The number of urea groups is 1. The van der Waals surface area contributed by atoms with Gasteiger partial charge < -0.3 is 9.73 Å². The third kappa shape index (κ3) is 2.67. The first-order valence-electron chi connectivity index (χ1n) is 9.03. The lowest BCUT2D eigenvalue weighted by molar-refractivity contribution is -0.134. The number of carbonyl (C=O) groups is 2. The Balaban J connectivity index is 1.53. The molecule has 2 fully saturated rings. The standard InChI is InChI=1S/C19H22N4O3/c1-12-6-8-14(9-7-12)16-22-21-15(26-16)11-23-17(24)19(20-18(23)25)10-4-3-5-13(19)2/h6-9,13H,3-5,10-11H2,1-2H3,(H,20,25). The highest BCUT2D eigenvalue weighted by Crippen LogP contribution is 2.38. The molecule has 1 aromatic carbocycles. The molecule has 1 spiro atoms. The summed E-state index contributed by atoms with van der Waals surface area (Å²) in [6.45, 7) is 4.03. The number of benzene rings is 1. The van der Waals surface area contributed by atoms with E-state index in [4.69, 9.17) is 4.42 Å². The highest BCUT2D eigenvalue weighted by molar-refractivity contribution is 6.07. The molecule has 2 atom stereocenters. The Kier molecular flexibility index (Phi) is 4.01. The van der Waals surface area contributed by atoms with Crippen LogP contribution in [0.15, 0.2) is 28.7 Å². The van der Waals surface area contributed by atoms with Crippen LogP contribution in [0.5, 0.6) is 0 Å². The first-order chi connectivity index (χ1) is 12.5. The van der Waals surface area contributed by atoms with Crippen molar-refractivity contribution >= 4 is 11.9 Å². The predicted octanol–water partition coefficient (Wildman–Crippen LogP) is 3.05. The van der Waals surface area contributed by atoms with Crippen LogP contribution in [0.2, 0.25) is 0 Å². The van der Waals surface area contributed by atoms with E-state index < -0.39 is 5.54 Å². The Morgan fingerprint density at radius 3 is 2.73 bits per heavy atom. The topological polar surface area (TPSA) is 88.3 Å². The third-order valence-corrected chi connectivity index (χ3v) is 5.56. The van der Waals surface area contributed by atoms with E-state index in [2.05, 4.69) is 15.5 Å². The highest BCUT2D eigenvalue weighted by atomic mass is 16.4. The van der Waals surface area contributed by atoms with Crippen molar-refractivity contribution in [1.29, 1.82) is 0 Å². The largest absolute Gasteiger partial charge is 0.419 e. The van der Waals surface area contributed by atoms with E-state index in [1.54, 1.807) is 0 Å². The van der Waals surface area contributed by atoms with Crippen LogP contribution in [0, 0.1) is 12.8 Å². The van der Waals surface area contributed by atoms with Crippen molar-refractivity contribution in [2.75, 3.05) is 0 Å². The third-order valence-electron chi connectivity index (χ3n) is 5.56. The number of hydrogen-bond donors (Lipinski definition) is 1. The van der Waals surface area contributed by atoms with Crippen LogP contribution in [-0.4, -0.2) is 32.6 Å². The summed E-state index contributed by atoms with van der Waals surface area (Å²) in [5.41, 5.74) is 1.18. The summed E-state index contributed by atoms with van der Waals surface area (Å²) in [5.74, 6) is 0.589. The molecule has 0 radical (unpaired) electrons. The monoisotopic (exact) mass is 354 g/mol. The summed E-state index contributed by atoms with van der Waals surface area (Å²) in [6, 6.07) is 7.35. The molecule has 1 N–H and O–H groups in total. The maximum absolute atomic E-state index is 13.0. The van der Waals surface area contributed by atoms with Gasteiger partial charge in [0.15, 0.2) is 0 Å². The fourth-order valence-electron chi connectivity index (χ4n) is 3.90. The summed E-state index contributed by atoms with van der Waals surface area (Å²) in [6.07, 6.45) is 3.67. The van der Waals surface area contributed by atoms with Crippen LogP contribution < -0.4 is 5.32 Å². The van der Waals surface area contributed by atoms with E-state index >= 15 is 0 Å². The van der Waals surface area contributed by atoms with Crippen molar-refractivity contribution in [3.05, 3.63) is 35.7 Å².